The quantitative estimate of drug-likeness (QED) is 0.142. The van der Waals surface area contributed by atoms with E-state index in [0.29, 0.717) is 0 Å². The summed E-state index contributed by atoms with van der Waals surface area (Å²) in [5.41, 5.74) is 20.8. The van der Waals surface area contributed by atoms with Crippen LogP contribution in [0.1, 0.15) is 0 Å². The molecule has 0 aliphatic carbocycles. The molecule has 0 unspecified atom stereocenters. The summed E-state index contributed by atoms with van der Waals surface area (Å²) in [4.78, 5) is 4.92. The summed E-state index contributed by atoms with van der Waals surface area (Å²) >= 11 is 0. The first-order valence-corrected chi connectivity index (χ1v) is 29.4. The first kappa shape index (κ1) is 46.9. The first-order chi connectivity index (χ1) is 42.7. The number of furan rings is 2. The van der Waals surface area contributed by atoms with Gasteiger partial charge >= 0.3 is 0 Å². The van der Waals surface area contributed by atoms with Gasteiger partial charge in [0, 0.05) is 65.0 Å². The average molecular weight is 1100 g/mol. The average Bonchev–Trinajstić information content (AvgIpc) is 1.53. The number of aromatic nitrogens is 2. The van der Waals surface area contributed by atoms with Gasteiger partial charge in [-0.15, -0.1) is 0 Å². The Morgan fingerprint density at radius 3 is 1.02 bits per heavy atom. The Hall–Kier alpha value is -11.6. The maximum Gasteiger partial charge on any atom is 0.159 e. The van der Waals surface area contributed by atoms with Gasteiger partial charge in [-0.1, -0.05) is 231 Å². The lowest BCUT2D eigenvalue weighted by Gasteiger charge is -2.29. The molecule has 0 fully saturated rings. The van der Waals surface area contributed by atoms with E-state index in [4.69, 9.17) is 8.83 Å². The molecule has 0 N–H and O–H groups in total. The highest BCUT2D eigenvalue weighted by Gasteiger charge is 2.30. The van der Waals surface area contributed by atoms with Crippen LogP contribution >= 0.6 is 0 Å². The summed E-state index contributed by atoms with van der Waals surface area (Å²) in [5, 5.41) is 13.7. The van der Waals surface area contributed by atoms with Crippen molar-refractivity contribution in [3.05, 3.63) is 291 Å². The molecular formula is C80H48N4O2. The molecule has 0 saturated heterocycles. The molecule has 6 nitrogen and oxygen atoms in total. The van der Waals surface area contributed by atoms with Crippen molar-refractivity contribution in [3.8, 4) is 22.3 Å². The molecule has 5 aromatic heterocycles. The molecule has 14 aromatic carbocycles. The number of rotatable bonds is 8. The van der Waals surface area contributed by atoms with E-state index < -0.39 is 0 Å². The maximum absolute atomic E-state index is 6.98. The number of benzene rings is 14. The minimum absolute atomic E-state index is 0.835. The van der Waals surface area contributed by atoms with Gasteiger partial charge in [-0.3, -0.25) is 0 Å². The molecule has 0 radical (unpaired) electrons. The van der Waals surface area contributed by atoms with E-state index in [1.54, 1.807) is 0 Å². The Balaban J connectivity index is 0.942. The second kappa shape index (κ2) is 18.0. The predicted octanol–water partition coefficient (Wildman–Crippen LogP) is 22.6. The molecule has 0 aliphatic heterocycles. The third-order valence-electron chi connectivity index (χ3n) is 18.2. The van der Waals surface area contributed by atoms with Gasteiger partial charge in [0.1, 0.15) is 11.2 Å². The van der Waals surface area contributed by atoms with E-state index in [-0.39, 0.29) is 0 Å². The second-order valence-corrected chi connectivity index (χ2v) is 22.6. The molecule has 19 rings (SSSR count). The van der Waals surface area contributed by atoms with Crippen molar-refractivity contribution >= 4 is 154 Å². The summed E-state index contributed by atoms with van der Waals surface area (Å²) in [6.07, 6.45) is 0. The monoisotopic (exact) mass is 1100 g/mol. The molecule has 0 spiro atoms. The third kappa shape index (κ3) is 6.49. The lowest BCUT2D eigenvalue weighted by Crippen LogP contribution is -2.12. The smallest absolute Gasteiger partial charge is 0.159 e. The fraction of sp³-hybridized carbons (Fsp3) is 0. The van der Waals surface area contributed by atoms with Crippen LogP contribution in [0.4, 0.5) is 34.1 Å². The van der Waals surface area contributed by atoms with Crippen LogP contribution in [-0.4, -0.2) is 8.80 Å². The topological polar surface area (TPSA) is 41.6 Å². The maximum atomic E-state index is 6.98. The molecule has 0 atom stereocenters. The van der Waals surface area contributed by atoms with Crippen LogP contribution in [0, 0.1) is 0 Å². The van der Waals surface area contributed by atoms with Crippen LogP contribution < -0.4 is 9.80 Å². The molecule has 6 heteroatoms. The zero-order chi connectivity index (χ0) is 56.1. The standard InChI is InChI=1S/C80H48N4O2/c1-3-23-49(24-4-1)51-27-11-15-39-63(51)81(67-43-19-35-59-55-31-13-17-45-73(55)85-79(59)67)69-47-71-75(57-33-9-7-29-53(57)69)61-37-21-42-66-77(61)83(71)65-41-22-38-62-76-58-34-10-8-30-54(58)70(48-72(76)84(66)78(62)65)82(64-40-16-12-28-52(64)50-25-5-2-6-26-50)68-44-20-36-60-56-32-14-18-46-74(56)86-80(60)68/h1-48H. The van der Waals surface area contributed by atoms with Crippen LogP contribution in [0.5, 0.6) is 0 Å². The Labute approximate surface area is 492 Å². The van der Waals surface area contributed by atoms with Gasteiger partial charge in [-0.2, -0.15) is 0 Å². The third-order valence-corrected chi connectivity index (χ3v) is 18.2. The summed E-state index contributed by atoms with van der Waals surface area (Å²) in [6, 6.07) is 106. The number of para-hydroxylation sites is 8. The number of nitrogens with zero attached hydrogens (tertiary/aromatic N) is 4. The Kier molecular flexibility index (Phi) is 9.80. The highest BCUT2D eigenvalue weighted by Crippen LogP contribution is 2.54. The van der Waals surface area contributed by atoms with Gasteiger partial charge < -0.3 is 27.4 Å². The van der Waals surface area contributed by atoms with Crippen molar-refractivity contribution in [1.29, 1.82) is 0 Å². The molecular weight excluding hydrogens is 1050 g/mol. The SMILES string of the molecule is c1ccc(-c2ccccc2N(c2cc3c(c4ccccc24)c2cccc4c2n3c2cccc3c5c6ccccc6c(N(c6ccccc6-c6ccccc6)c6cccc7c6oc6ccccc67)cc5n4c32)c2cccc3c2oc2ccccc23)cc1. The Morgan fingerprint density at radius 1 is 0.233 bits per heavy atom. The molecule has 0 amide bonds. The van der Waals surface area contributed by atoms with E-state index >= 15 is 0 Å². The fourth-order valence-corrected chi connectivity index (χ4v) is 14.7. The molecule has 19 aromatic rings. The van der Waals surface area contributed by atoms with E-state index in [1.807, 2.05) is 0 Å². The first-order valence-electron chi connectivity index (χ1n) is 29.4. The van der Waals surface area contributed by atoms with E-state index in [9.17, 15) is 0 Å². The van der Waals surface area contributed by atoms with Crippen LogP contribution in [0.25, 0.3) is 142 Å². The van der Waals surface area contributed by atoms with Crippen molar-refractivity contribution in [2.75, 3.05) is 9.80 Å². The van der Waals surface area contributed by atoms with Crippen LogP contribution in [0.15, 0.2) is 300 Å². The fourth-order valence-electron chi connectivity index (χ4n) is 14.7. The van der Waals surface area contributed by atoms with Crippen molar-refractivity contribution < 1.29 is 8.83 Å². The minimum Gasteiger partial charge on any atom is -0.454 e. The highest BCUT2D eigenvalue weighted by molar-refractivity contribution is 6.32. The normalized spacial score (nSPS) is 12.2. The summed E-state index contributed by atoms with van der Waals surface area (Å²) in [7, 11) is 0. The van der Waals surface area contributed by atoms with Crippen LogP contribution in [0.2, 0.25) is 0 Å². The van der Waals surface area contributed by atoms with Crippen molar-refractivity contribution in [2.45, 2.75) is 0 Å². The zero-order valence-corrected chi connectivity index (χ0v) is 46.3. The molecule has 400 valence electrons. The van der Waals surface area contributed by atoms with Gasteiger partial charge in [0.15, 0.2) is 11.2 Å². The lowest BCUT2D eigenvalue weighted by atomic mass is 9.98. The molecule has 0 saturated carbocycles. The largest absolute Gasteiger partial charge is 0.454 e. The van der Waals surface area contributed by atoms with Gasteiger partial charge in [0.2, 0.25) is 0 Å². The lowest BCUT2D eigenvalue weighted by molar-refractivity contribution is 0.669. The minimum atomic E-state index is 0.835. The molecule has 0 bridgehead atoms. The molecule has 0 aliphatic rings. The number of anilines is 6. The molecule has 86 heavy (non-hydrogen) atoms. The highest BCUT2D eigenvalue weighted by atomic mass is 16.3. The van der Waals surface area contributed by atoms with Gasteiger partial charge in [-0.25, -0.2) is 0 Å². The summed E-state index contributed by atoms with van der Waals surface area (Å²) in [5.74, 6) is 0. The number of fused-ring (bicyclic) bond motifs is 18. The summed E-state index contributed by atoms with van der Waals surface area (Å²) in [6.45, 7) is 0. The van der Waals surface area contributed by atoms with E-state index in [1.165, 1.54) is 32.3 Å². The van der Waals surface area contributed by atoms with E-state index in [0.717, 1.165) is 144 Å². The summed E-state index contributed by atoms with van der Waals surface area (Å²) < 4.78 is 19.1. The second-order valence-electron chi connectivity index (χ2n) is 22.6. The number of hydrogen-bond donors (Lipinski definition) is 0. The van der Waals surface area contributed by atoms with Crippen LogP contribution in [-0.2, 0) is 0 Å². The van der Waals surface area contributed by atoms with Crippen molar-refractivity contribution in [2.24, 2.45) is 0 Å². The van der Waals surface area contributed by atoms with Crippen LogP contribution in [0.3, 0.4) is 0 Å². The molecule has 5 heterocycles. The van der Waals surface area contributed by atoms with Crippen molar-refractivity contribution in [1.82, 2.24) is 8.80 Å². The Bertz CT molecular complexity index is 5620. The predicted molar refractivity (Wildman–Crippen MR) is 359 cm³/mol. The number of hydrogen-bond acceptors (Lipinski definition) is 4. The Morgan fingerprint density at radius 2 is 0.570 bits per heavy atom. The van der Waals surface area contributed by atoms with Gasteiger partial charge in [0.25, 0.3) is 0 Å². The van der Waals surface area contributed by atoms with Crippen molar-refractivity contribution in [3.63, 3.8) is 0 Å². The van der Waals surface area contributed by atoms with E-state index in [2.05, 4.69) is 310 Å². The van der Waals surface area contributed by atoms with Gasteiger partial charge in [-0.05, 0) is 82.6 Å². The van der Waals surface area contributed by atoms with Gasteiger partial charge in [0.05, 0.1) is 67.2 Å². The zero-order valence-electron chi connectivity index (χ0n) is 46.3.